The van der Waals surface area contributed by atoms with E-state index in [0.29, 0.717) is 17.0 Å². The summed E-state index contributed by atoms with van der Waals surface area (Å²) in [4.78, 5) is 7.07. The van der Waals surface area contributed by atoms with Crippen LogP contribution < -0.4 is 16.0 Å². The van der Waals surface area contributed by atoms with E-state index < -0.39 is 10.1 Å². The Kier molecular flexibility index (Phi) is 2.90. The van der Waals surface area contributed by atoms with Crippen LogP contribution in [-0.2, 0) is 10.1 Å². The molecule has 0 spiro atoms. The van der Waals surface area contributed by atoms with Crippen molar-refractivity contribution < 1.29 is 13.0 Å². The number of nitrogens with one attached hydrogen (secondary N) is 4. The Hall–Kier alpha value is -1.68. The first-order chi connectivity index (χ1) is 9.02. The average molecular weight is 283 g/mol. The number of aromatic nitrogens is 2. The number of rotatable bonds is 3. The SMILES string of the molecule is O=S(=O)(O)c1ccc2nc(NC3NCCN3)[nH]c2c1. The third-order valence-corrected chi connectivity index (χ3v) is 3.70. The van der Waals surface area contributed by atoms with E-state index in [2.05, 4.69) is 25.9 Å². The topological polar surface area (TPSA) is 119 Å². The van der Waals surface area contributed by atoms with Gasteiger partial charge in [-0.1, -0.05) is 0 Å². The van der Waals surface area contributed by atoms with Crippen molar-refractivity contribution in [2.24, 2.45) is 0 Å². The summed E-state index contributed by atoms with van der Waals surface area (Å²) in [6.07, 6.45) is -0.0680. The quantitative estimate of drug-likeness (QED) is 0.490. The number of benzene rings is 1. The Morgan fingerprint density at radius 2 is 2.05 bits per heavy atom. The number of hydrogen-bond donors (Lipinski definition) is 5. The van der Waals surface area contributed by atoms with E-state index in [1.807, 2.05) is 0 Å². The summed E-state index contributed by atoms with van der Waals surface area (Å²) in [5.74, 6) is 0.523. The van der Waals surface area contributed by atoms with E-state index in [1.54, 1.807) is 0 Å². The molecule has 3 rings (SSSR count). The largest absolute Gasteiger partial charge is 0.328 e. The Labute approximate surface area is 109 Å². The van der Waals surface area contributed by atoms with E-state index in [0.717, 1.165) is 13.1 Å². The molecule has 1 aromatic heterocycles. The minimum absolute atomic E-state index is 0.0680. The summed E-state index contributed by atoms with van der Waals surface area (Å²) in [7, 11) is -4.20. The third-order valence-electron chi connectivity index (χ3n) is 2.85. The first-order valence-electron chi connectivity index (χ1n) is 5.73. The number of imidazole rings is 1. The molecule has 2 aromatic rings. The summed E-state index contributed by atoms with van der Waals surface area (Å²) in [5.41, 5.74) is 1.16. The first kappa shape index (κ1) is 12.4. The predicted molar refractivity (Wildman–Crippen MR) is 69.3 cm³/mol. The lowest BCUT2D eigenvalue weighted by molar-refractivity contribution is 0.483. The van der Waals surface area contributed by atoms with Crippen LogP contribution in [0.1, 0.15) is 0 Å². The van der Waals surface area contributed by atoms with Gasteiger partial charge in [0.15, 0.2) is 0 Å². The van der Waals surface area contributed by atoms with Gasteiger partial charge in [0.1, 0.15) is 6.29 Å². The highest BCUT2D eigenvalue weighted by atomic mass is 32.2. The zero-order chi connectivity index (χ0) is 13.5. The number of H-pyrrole nitrogens is 1. The molecule has 102 valence electrons. The molecular weight excluding hydrogens is 270 g/mol. The van der Waals surface area contributed by atoms with Crippen LogP contribution in [0, 0.1) is 0 Å². The molecule has 1 aliphatic heterocycles. The van der Waals surface area contributed by atoms with Crippen LogP contribution in [0.15, 0.2) is 23.1 Å². The van der Waals surface area contributed by atoms with Gasteiger partial charge in [0.25, 0.3) is 10.1 Å². The van der Waals surface area contributed by atoms with Crippen LogP contribution in [0.5, 0.6) is 0 Å². The molecule has 0 amide bonds. The third kappa shape index (κ3) is 2.54. The number of aromatic amines is 1. The van der Waals surface area contributed by atoms with E-state index in [4.69, 9.17) is 4.55 Å². The van der Waals surface area contributed by atoms with Gasteiger partial charge in [-0.15, -0.1) is 0 Å². The molecular formula is C10H13N5O3S. The molecule has 0 saturated carbocycles. The van der Waals surface area contributed by atoms with E-state index in [1.165, 1.54) is 18.2 Å². The van der Waals surface area contributed by atoms with Gasteiger partial charge in [0.05, 0.1) is 15.9 Å². The molecule has 0 aliphatic carbocycles. The highest BCUT2D eigenvalue weighted by molar-refractivity contribution is 7.85. The predicted octanol–water partition coefficient (Wildman–Crippen LogP) is -0.302. The van der Waals surface area contributed by atoms with Crippen LogP contribution in [0.25, 0.3) is 11.0 Å². The fraction of sp³-hybridized carbons (Fsp3) is 0.300. The van der Waals surface area contributed by atoms with Crippen molar-refractivity contribution in [2.75, 3.05) is 18.4 Å². The molecule has 1 fully saturated rings. The number of fused-ring (bicyclic) bond motifs is 1. The Morgan fingerprint density at radius 3 is 2.74 bits per heavy atom. The average Bonchev–Trinajstić information content (AvgIpc) is 2.95. The van der Waals surface area contributed by atoms with Crippen LogP contribution in [0.4, 0.5) is 5.95 Å². The second-order valence-corrected chi connectivity index (χ2v) is 5.65. The van der Waals surface area contributed by atoms with Crippen molar-refractivity contribution >= 4 is 27.1 Å². The molecule has 8 nitrogen and oxygen atoms in total. The lowest BCUT2D eigenvalue weighted by Gasteiger charge is -2.11. The summed E-state index contributed by atoms with van der Waals surface area (Å²) in [5, 5.41) is 9.42. The molecule has 19 heavy (non-hydrogen) atoms. The van der Waals surface area contributed by atoms with Gasteiger partial charge in [-0.05, 0) is 18.2 Å². The van der Waals surface area contributed by atoms with Crippen LogP contribution in [0.2, 0.25) is 0 Å². The first-order valence-corrected chi connectivity index (χ1v) is 7.17. The zero-order valence-electron chi connectivity index (χ0n) is 9.84. The maximum absolute atomic E-state index is 11.0. The van der Waals surface area contributed by atoms with Crippen molar-refractivity contribution in [2.45, 2.75) is 11.2 Å². The second kappa shape index (κ2) is 4.46. The van der Waals surface area contributed by atoms with Crippen LogP contribution >= 0.6 is 0 Å². The van der Waals surface area contributed by atoms with Crippen LogP contribution in [0.3, 0.4) is 0 Å². The Balaban J connectivity index is 1.92. The minimum atomic E-state index is -4.20. The van der Waals surface area contributed by atoms with Crippen molar-refractivity contribution in [3.63, 3.8) is 0 Å². The van der Waals surface area contributed by atoms with Crippen molar-refractivity contribution in [3.05, 3.63) is 18.2 Å². The molecule has 0 bridgehead atoms. The highest BCUT2D eigenvalue weighted by Gasteiger charge is 2.15. The highest BCUT2D eigenvalue weighted by Crippen LogP contribution is 2.19. The Bertz CT molecular complexity index is 705. The fourth-order valence-corrected chi connectivity index (χ4v) is 2.47. The van der Waals surface area contributed by atoms with Gasteiger partial charge >= 0.3 is 0 Å². The van der Waals surface area contributed by atoms with Gasteiger partial charge in [-0.2, -0.15) is 8.42 Å². The molecule has 1 saturated heterocycles. The monoisotopic (exact) mass is 283 g/mol. The number of nitrogens with zero attached hydrogens (tertiary/aromatic N) is 1. The second-order valence-electron chi connectivity index (χ2n) is 4.23. The fourth-order valence-electron chi connectivity index (χ4n) is 1.96. The van der Waals surface area contributed by atoms with Crippen molar-refractivity contribution in [1.29, 1.82) is 0 Å². The lowest BCUT2D eigenvalue weighted by atomic mass is 10.3. The van der Waals surface area contributed by atoms with Gasteiger partial charge < -0.3 is 10.3 Å². The van der Waals surface area contributed by atoms with Gasteiger partial charge in [-0.25, -0.2) is 4.98 Å². The smallest absolute Gasteiger partial charge is 0.294 e. The van der Waals surface area contributed by atoms with Gasteiger partial charge in [-0.3, -0.25) is 15.2 Å². The number of hydrogen-bond acceptors (Lipinski definition) is 6. The molecule has 0 atom stereocenters. The normalized spacial score (nSPS) is 17.1. The summed E-state index contributed by atoms with van der Waals surface area (Å²) >= 11 is 0. The molecule has 1 aliphatic rings. The summed E-state index contributed by atoms with van der Waals surface area (Å²) in [6.45, 7) is 1.73. The standard InChI is InChI=1S/C10H13N5O3S/c16-19(17,18)6-1-2-7-8(5-6)14-10(13-7)15-9-11-3-4-12-9/h1-2,5,9,11-12H,3-4H2,(H2,13,14,15)(H,16,17,18). The van der Waals surface area contributed by atoms with Gasteiger partial charge in [0.2, 0.25) is 5.95 Å². The molecule has 5 N–H and O–H groups in total. The number of anilines is 1. The van der Waals surface area contributed by atoms with E-state index in [-0.39, 0.29) is 11.2 Å². The van der Waals surface area contributed by atoms with E-state index >= 15 is 0 Å². The lowest BCUT2D eigenvalue weighted by Crippen LogP contribution is -2.39. The molecule has 2 heterocycles. The van der Waals surface area contributed by atoms with E-state index in [9.17, 15) is 8.42 Å². The van der Waals surface area contributed by atoms with Crippen LogP contribution in [-0.4, -0.2) is 42.3 Å². The molecule has 0 unspecified atom stereocenters. The van der Waals surface area contributed by atoms with Gasteiger partial charge in [0, 0.05) is 13.1 Å². The maximum atomic E-state index is 11.0. The maximum Gasteiger partial charge on any atom is 0.294 e. The molecule has 1 aromatic carbocycles. The van der Waals surface area contributed by atoms with Crippen molar-refractivity contribution in [1.82, 2.24) is 20.6 Å². The zero-order valence-corrected chi connectivity index (χ0v) is 10.7. The molecule has 9 heteroatoms. The Morgan fingerprint density at radius 1 is 1.32 bits per heavy atom. The van der Waals surface area contributed by atoms with Crippen molar-refractivity contribution in [3.8, 4) is 0 Å². The minimum Gasteiger partial charge on any atom is -0.328 e. The summed E-state index contributed by atoms with van der Waals surface area (Å²) in [6, 6.07) is 4.20. The summed E-state index contributed by atoms with van der Waals surface area (Å²) < 4.78 is 31.1. The molecule has 0 radical (unpaired) electrons.